The minimum Gasteiger partial charge on any atom is -0.315 e. The lowest BCUT2D eigenvalue weighted by molar-refractivity contribution is 0.443. The quantitative estimate of drug-likeness (QED) is 0.742. The fourth-order valence-electron chi connectivity index (χ4n) is 1.50. The summed E-state index contributed by atoms with van der Waals surface area (Å²) in [4.78, 5) is 0. The second-order valence-electron chi connectivity index (χ2n) is 4.76. The van der Waals surface area contributed by atoms with Gasteiger partial charge < -0.3 is 5.32 Å². The van der Waals surface area contributed by atoms with E-state index in [0.29, 0.717) is 0 Å². The van der Waals surface area contributed by atoms with Gasteiger partial charge in [0.25, 0.3) is 0 Å². The highest BCUT2D eigenvalue weighted by atomic mass is 14.9. The smallest absolute Gasteiger partial charge is 0.0697 e. The fraction of sp³-hybridized carbons (Fsp3) is 0.500. The number of rotatable bonds is 6. The molecular weight excluding hydrogens is 196 g/mol. The molecule has 0 aliphatic rings. The van der Waals surface area contributed by atoms with Gasteiger partial charge in [-0.2, -0.15) is 5.26 Å². The Morgan fingerprint density at radius 1 is 1.25 bits per heavy atom. The standard InChI is InChI=1S/C14H20N2/c1-14(2,11-15)12-16-10-6-9-13-7-4-3-5-8-13/h3-5,7-8,16H,6,9-10,12H2,1-2H3. The number of hydrogen-bond donors (Lipinski definition) is 1. The van der Waals surface area contributed by atoms with Crippen molar-refractivity contribution in [2.45, 2.75) is 26.7 Å². The van der Waals surface area contributed by atoms with E-state index in [0.717, 1.165) is 25.9 Å². The minimum absolute atomic E-state index is 0.257. The molecule has 0 amide bonds. The first kappa shape index (κ1) is 12.7. The van der Waals surface area contributed by atoms with Crippen molar-refractivity contribution in [2.24, 2.45) is 5.41 Å². The maximum Gasteiger partial charge on any atom is 0.0697 e. The van der Waals surface area contributed by atoms with Crippen molar-refractivity contribution in [3.8, 4) is 6.07 Å². The minimum atomic E-state index is -0.257. The Bertz CT molecular complexity index is 336. The van der Waals surface area contributed by atoms with E-state index in [4.69, 9.17) is 5.26 Å². The molecule has 1 N–H and O–H groups in total. The Morgan fingerprint density at radius 3 is 2.56 bits per heavy atom. The topological polar surface area (TPSA) is 35.8 Å². The SMILES string of the molecule is CC(C)(C#N)CNCCCc1ccccc1. The van der Waals surface area contributed by atoms with Gasteiger partial charge in [-0.25, -0.2) is 0 Å². The summed E-state index contributed by atoms with van der Waals surface area (Å²) in [6, 6.07) is 12.8. The molecule has 0 heterocycles. The van der Waals surface area contributed by atoms with Gasteiger partial charge in [0.2, 0.25) is 0 Å². The van der Waals surface area contributed by atoms with Gasteiger partial charge in [0.15, 0.2) is 0 Å². The molecule has 0 saturated heterocycles. The molecule has 0 unspecified atom stereocenters. The molecule has 0 aromatic heterocycles. The van der Waals surface area contributed by atoms with E-state index in [9.17, 15) is 0 Å². The second kappa shape index (κ2) is 6.30. The lowest BCUT2D eigenvalue weighted by atomic mass is 9.96. The van der Waals surface area contributed by atoms with E-state index in [1.807, 2.05) is 19.9 Å². The Hall–Kier alpha value is -1.33. The third-order valence-electron chi connectivity index (χ3n) is 2.53. The molecular formula is C14H20N2. The monoisotopic (exact) mass is 216 g/mol. The third kappa shape index (κ3) is 4.95. The molecule has 1 rings (SSSR count). The van der Waals surface area contributed by atoms with E-state index >= 15 is 0 Å². The third-order valence-corrected chi connectivity index (χ3v) is 2.53. The zero-order chi connectivity index (χ0) is 11.9. The fourth-order valence-corrected chi connectivity index (χ4v) is 1.50. The number of hydrogen-bond acceptors (Lipinski definition) is 2. The van der Waals surface area contributed by atoms with Crippen LogP contribution in [-0.2, 0) is 6.42 Å². The molecule has 2 nitrogen and oxygen atoms in total. The van der Waals surface area contributed by atoms with Gasteiger partial charge in [0.05, 0.1) is 11.5 Å². The lowest BCUT2D eigenvalue weighted by Crippen LogP contribution is -2.29. The predicted octanol–water partition coefficient (Wildman–Crippen LogP) is 2.76. The first-order valence-corrected chi connectivity index (χ1v) is 5.80. The summed E-state index contributed by atoms with van der Waals surface area (Å²) in [6.45, 7) is 5.65. The van der Waals surface area contributed by atoms with Gasteiger partial charge in [0, 0.05) is 6.54 Å². The number of nitrogens with one attached hydrogen (secondary N) is 1. The van der Waals surface area contributed by atoms with Gasteiger partial charge >= 0.3 is 0 Å². The molecule has 1 aromatic carbocycles. The summed E-state index contributed by atoms with van der Waals surface area (Å²) in [5.74, 6) is 0. The van der Waals surface area contributed by atoms with Crippen LogP contribution >= 0.6 is 0 Å². The van der Waals surface area contributed by atoms with Crippen LogP contribution in [0.5, 0.6) is 0 Å². The van der Waals surface area contributed by atoms with E-state index < -0.39 is 0 Å². The zero-order valence-electron chi connectivity index (χ0n) is 10.2. The normalized spacial score (nSPS) is 11.1. The van der Waals surface area contributed by atoms with Gasteiger partial charge in [-0.15, -0.1) is 0 Å². The zero-order valence-corrected chi connectivity index (χ0v) is 10.2. The van der Waals surface area contributed by atoms with Crippen LogP contribution in [-0.4, -0.2) is 13.1 Å². The summed E-state index contributed by atoms with van der Waals surface area (Å²) in [5.41, 5.74) is 1.12. The van der Waals surface area contributed by atoms with Crippen molar-refractivity contribution in [3.63, 3.8) is 0 Å². The molecule has 0 spiro atoms. The summed E-state index contributed by atoms with van der Waals surface area (Å²) >= 11 is 0. The van der Waals surface area contributed by atoms with E-state index in [-0.39, 0.29) is 5.41 Å². The molecule has 0 atom stereocenters. The molecule has 0 radical (unpaired) electrons. The number of nitriles is 1. The molecule has 0 saturated carbocycles. The van der Waals surface area contributed by atoms with E-state index in [1.165, 1.54) is 5.56 Å². The summed E-state index contributed by atoms with van der Waals surface area (Å²) < 4.78 is 0. The Labute approximate surface area is 98.3 Å². The lowest BCUT2D eigenvalue weighted by Gasteiger charge is -2.15. The second-order valence-corrected chi connectivity index (χ2v) is 4.76. The summed E-state index contributed by atoms with van der Waals surface area (Å²) in [6.07, 6.45) is 2.21. The maximum atomic E-state index is 8.84. The Morgan fingerprint density at radius 2 is 1.94 bits per heavy atom. The molecule has 0 aliphatic carbocycles. The van der Waals surface area contributed by atoms with Crippen LogP contribution < -0.4 is 5.32 Å². The summed E-state index contributed by atoms with van der Waals surface area (Å²) in [5, 5.41) is 12.2. The maximum absolute atomic E-state index is 8.84. The van der Waals surface area contributed by atoms with Crippen molar-refractivity contribution in [1.29, 1.82) is 5.26 Å². The van der Waals surface area contributed by atoms with Crippen molar-refractivity contribution < 1.29 is 0 Å². The van der Waals surface area contributed by atoms with Crippen LogP contribution in [0.4, 0.5) is 0 Å². The molecule has 1 aromatic rings. The first-order chi connectivity index (χ1) is 7.64. The average Bonchev–Trinajstić information content (AvgIpc) is 2.30. The van der Waals surface area contributed by atoms with Crippen LogP contribution in [0.2, 0.25) is 0 Å². The van der Waals surface area contributed by atoms with Gasteiger partial charge in [-0.3, -0.25) is 0 Å². The van der Waals surface area contributed by atoms with E-state index in [1.54, 1.807) is 0 Å². The molecule has 16 heavy (non-hydrogen) atoms. The molecule has 2 heteroatoms. The molecule has 0 fully saturated rings. The Balaban J connectivity index is 2.12. The van der Waals surface area contributed by atoms with Crippen molar-refractivity contribution in [1.82, 2.24) is 5.32 Å². The van der Waals surface area contributed by atoms with Crippen LogP contribution in [0.1, 0.15) is 25.8 Å². The average molecular weight is 216 g/mol. The van der Waals surface area contributed by atoms with Crippen LogP contribution in [0.15, 0.2) is 30.3 Å². The summed E-state index contributed by atoms with van der Waals surface area (Å²) in [7, 11) is 0. The molecule has 86 valence electrons. The highest BCUT2D eigenvalue weighted by Gasteiger charge is 2.14. The van der Waals surface area contributed by atoms with Gasteiger partial charge in [-0.05, 0) is 38.8 Å². The van der Waals surface area contributed by atoms with Crippen LogP contribution in [0, 0.1) is 16.7 Å². The highest BCUT2D eigenvalue weighted by molar-refractivity contribution is 5.14. The highest BCUT2D eigenvalue weighted by Crippen LogP contribution is 2.10. The van der Waals surface area contributed by atoms with Crippen molar-refractivity contribution >= 4 is 0 Å². The largest absolute Gasteiger partial charge is 0.315 e. The van der Waals surface area contributed by atoms with Gasteiger partial charge in [0.1, 0.15) is 0 Å². The van der Waals surface area contributed by atoms with Crippen LogP contribution in [0.3, 0.4) is 0 Å². The van der Waals surface area contributed by atoms with Crippen LogP contribution in [0.25, 0.3) is 0 Å². The first-order valence-electron chi connectivity index (χ1n) is 5.80. The van der Waals surface area contributed by atoms with Gasteiger partial charge in [-0.1, -0.05) is 30.3 Å². The Kier molecular flexibility index (Phi) is 5.01. The predicted molar refractivity (Wildman–Crippen MR) is 67.0 cm³/mol. The van der Waals surface area contributed by atoms with Crippen molar-refractivity contribution in [2.75, 3.05) is 13.1 Å². The molecule has 0 aliphatic heterocycles. The number of nitrogens with zero attached hydrogens (tertiary/aromatic N) is 1. The van der Waals surface area contributed by atoms with E-state index in [2.05, 4.69) is 35.7 Å². The molecule has 0 bridgehead atoms. The van der Waals surface area contributed by atoms with Crippen molar-refractivity contribution in [3.05, 3.63) is 35.9 Å². The number of aryl methyl sites for hydroxylation is 1. The number of benzene rings is 1.